The molecular formula is C48H50N4O7Si. The Bertz CT molecular complexity index is 2660. The predicted molar refractivity (Wildman–Crippen MR) is 234 cm³/mol. The lowest BCUT2D eigenvalue weighted by atomic mass is 9.82. The van der Waals surface area contributed by atoms with Crippen LogP contribution in [0.15, 0.2) is 120 Å². The van der Waals surface area contributed by atoms with Crippen LogP contribution in [0.4, 0.5) is 5.69 Å². The number of aromatic amines is 1. The van der Waals surface area contributed by atoms with Gasteiger partial charge in [0.1, 0.15) is 11.5 Å². The number of nitrogens with one attached hydrogen (secondary N) is 1. The Morgan fingerprint density at radius 2 is 1.57 bits per heavy atom. The Labute approximate surface area is 350 Å². The minimum absolute atomic E-state index is 0.0587. The van der Waals surface area contributed by atoms with Gasteiger partial charge in [-0.15, -0.1) is 0 Å². The molecule has 12 heteroatoms. The van der Waals surface area contributed by atoms with Gasteiger partial charge in [-0.05, 0) is 83.2 Å². The molecule has 1 aromatic heterocycles. The average Bonchev–Trinajstić information content (AvgIpc) is 3.85. The topological polar surface area (TPSA) is 126 Å². The van der Waals surface area contributed by atoms with Crippen LogP contribution < -0.4 is 25.1 Å². The van der Waals surface area contributed by atoms with E-state index in [1.807, 2.05) is 91.0 Å². The van der Waals surface area contributed by atoms with Crippen molar-refractivity contribution in [1.82, 2.24) is 14.7 Å². The fourth-order valence-electron chi connectivity index (χ4n) is 10.3. The van der Waals surface area contributed by atoms with Crippen LogP contribution in [0.2, 0.25) is 18.6 Å². The lowest BCUT2D eigenvalue weighted by Gasteiger charge is -2.39. The zero-order valence-corrected chi connectivity index (χ0v) is 35.6. The van der Waals surface area contributed by atoms with Gasteiger partial charge in [-0.1, -0.05) is 85.9 Å². The van der Waals surface area contributed by atoms with Crippen molar-refractivity contribution in [2.45, 2.75) is 69.2 Å². The Kier molecular flexibility index (Phi) is 10.0. The molecule has 5 aromatic carbocycles. The molecular weight excluding hydrogens is 773 g/mol. The maximum Gasteiger partial charge on any atom is 0.279 e. The molecule has 60 heavy (non-hydrogen) atoms. The van der Waals surface area contributed by atoms with E-state index < -0.39 is 19.8 Å². The molecule has 3 aliphatic rings. The third kappa shape index (κ3) is 6.36. The summed E-state index contributed by atoms with van der Waals surface area (Å²) in [6.07, 6.45) is 0.0212. The van der Waals surface area contributed by atoms with Crippen LogP contribution in [0.3, 0.4) is 0 Å². The largest absolute Gasteiger partial charge is 0.497 e. The van der Waals surface area contributed by atoms with E-state index in [-0.39, 0.29) is 54.4 Å². The fourth-order valence-corrected chi connectivity index (χ4v) is 14.3. The molecule has 0 radical (unpaired) electrons. The summed E-state index contributed by atoms with van der Waals surface area (Å²) in [4.78, 5) is 46.9. The van der Waals surface area contributed by atoms with Crippen molar-refractivity contribution in [1.29, 1.82) is 0 Å². The number of amides is 2. The first-order chi connectivity index (χ1) is 29.0. The molecule has 1 saturated heterocycles. The average molecular weight is 823 g/mol. The normalized spacial score (nSPS) is 22.3. The number of benzene rings is 5. The lowest BCUT2D eigenvalue weighted by Crippen LogP contribution is -2.52. The van der Waals surface area contributed by atoms with Gasteiger partial charge in [0.25, 0.3) is 11.5 Å². The van der Waals surface area contributed by atoms with Gasteiger partial charge in [0.15, 0.2) is 5.60 Å². The number of carbonyl (C=O) groups excluding carboxylic acids is 2. The fraction of sp³-hybridized carbons (Fsp3) is 0.312. The highest BCUT2D eigenvalue weighted by Crippen LogP contribution is 2.60. The van der Waals surface area contributed by atoms with Crippen LogP contribution in [0.1, 0.15) is 35.6 Å². The SMILES string of the molecule is COc1ccc([Si](C)(C)[C@@H]2[C@@H](CC(=O)N3Cc4ccccc4C[C@H]3CO)O[C@]3(C(=O)N(Cc4ccc(-n5[nH]c6ccccc6c5=O)cc4)c4ccc(OC)cc43)[C@H]2C)cc1. The Balaban J connectivity index is 1.09. The van der Waals surface area contributed by atoms with E-state index in [1.165, 1.54) is 9.87 Å². The van der Waals surface area contributed by atoms with Gasteiger partial charge in [-0.3, -0.25) is 19.5 Å². The quantitative estimate of drug-likeness (QED) is 0.153. The number of anilines is 1. The first kappa shape index (κ1) is 39.5. The van der Waals surface area contributed by atoms with E-state index in [0.29, 0.717) is 29.8 Å². The number of rotatable bonds is 10. The first-order valence-electron chi connectivity index (χ1n) is 20.6. The number of carbonyl (C=O) groups is 2. The number of para-hydroxylation sites is 1. The number of aromatic nitrogens is 2. The van der Waals surface area contributed by atoms with Crippen LogP contribution in [-0.4, -0.2) is 72.6 Å². The standard InChI is InChI=1S/C48H50N4O7Si/c1-30-45(60(4,5)38-21-18-36(57-2)19-22-38)43(26-44(54)50-28-33-11-7-6-10-32(33)24-35(50)29-53)59-48(30)40-25-37(58-3)20-23-42(40)51(47(48)56)27-31-14-16-34(17-15-31)52-46(55)39-12-8-9-13-41(39)49-52/h6-23,25,30,35,43,45,49,53H,24,26-29H2,1-5H3/t30-,35-,43+,45-,48+/m0/s1. The molecule has 0 bridgehead atoms. The van der Waals surface area contributed by atoms with Crippen molar-refractivity contribution in [2.24, 2.45) is 5.92 Å². The number of methoxy groups -OCH3 is 2. The molecule has 0 saturated carbocycles. The van der Waals surface area contributed by atoms with Crippen LogP contribution in [0.5, 0.6) is 11.5 Å². The Hall–Kier alpha value is -5.95. The minimum Gasteiger partial charge on any atom is -0.497 e. The molecule has 308 valence electrons. The second-order valence-corrected chi connectivity index (χ2v) is 21.6. The summed E-state index contributed by atoms with van der Waals surface area (Å²) in [7, 11) is 0.702. The molecule has 2 N–H and O–H groups in total. The van der Waals surface area contributed by atoms with Crippen molar-refractivity contribution in [3.05, 3.63) is 148 Å². The minimum atomic E-state index is -2.56. The lowest BCUT2D eigenvalue weighted by molar-refractivity contribution is -0.151. The highest BCUT2D eigenvalue weighted by Gasteiger charge is 2.66. The van der Waals surface area contributed by atoms with Crippen LogP contribution >= 0.6 is 0 Å². The number of hydrogen-bond acceptors (Lipinski definition) is 7. The molecule has 6 aromatic rings. The predicted octanol–water partition coefficient (Wildman–Crippen LogP) is 6.43. The van der Waals surface area contributed by atoms with E-state index in [2.05, 4.69) is 43.3 Å². The number of H-pyrrole nitrogens is 1. The van der Waals surface area contributed by atoms with Gasteiger partial charge in [-0.2, -0.15) is 0 Å². The number of ether oxygens (including phenoxy) is 3. The van der Waals surface area contributed by atoms with E-state index >= 15 is 4.79 Å². The Morgan fingerprint density at radius 1 is 0.883 bits per heavy atom. The number of nitrogens with zero attached hydrogens (tertiary/aromatic N) is 3. The van der Waals surface area contributed by atoms with Crippen LogP contribution in [0.25, 0.3) is 16.6 Å². The molecule has 1 spiro atoms. The van der Waals surface area contributed by atoms with Gasteiger partial charge in [0.2, 0.25) is 5.91 Å². The molecule has 1 fully saturated rings. The van der Waals surface area contributed by atoms with Crippen molar-refractivity contribution in [3.63, 3.8) is 0 Å². The van der Waals surface area contributed by atoms with Crippen molar-refractivity contribution < 1.29 is 28.9 Å². The van der Waals surface area contributed by atoms with Gasteiger partial charge < -0.3 is 29.1 Å². The van der Waals surface area contributed by atoms with E-state index in [0.717, 1.165) is 39.2 Å². The monoisotopic (exact) mass is 822 g/mol. The number of hydrogen-bond donors (Lipinski definition) is 2. The van der Waals surface area contributed by atoms with E-state index in [1.54, 1.807) is 30.1 Å². The molecule has 4 heterocycles. The summed E-state index contributed by atoms with van der Waals surface area (Å²) >= 11 is 0. The number of fused-ring (bicyclic) bond motifs is 4. The molecule has 0 aliphatic carbocycles. The molecule has 2 amide bonds. The highest BCUT2D eigenvalue weighted by molar-refractivity contribution is 6.91. The Morgan fingerprint density at radius 3 is 2.27 bits per heavy atom. The van der Waals surface area contributed by atoms with Crippen LogP contribution in [-0.2, 0) is 39.4 Å². The van der Waals surface area contributed by atoms with Gasteiger partial charge in [-0.25, -0.2) is 4.68 Å². The summed E-state index contributed by atoms with van der Waals surface area (Å²) in [5.74, 6) is 0.729. The van der Waals surface area contributed by atoms with Gasteiger partial charge >= 0.3 is 0 Å². The summed E-state index contributed by atoms with van der Waals surface area (Å²) < 4.78 is 20.1. The van der Waals surface area contributed by atoms with Crippen molar-refractivity contribution in [2.75, 3.05) is 25.7 Å². The van der Waals surface area contributed by atoms with Crippen molar-refractivity contribution in [3.8, 4) is 17.2 Å². The molecule has 5 atom stereocenters. The molecule has 9 rings (SSSR count). The third-order valence-electron chi connectivity index (χ3n) is 13.4. The van der Waals surface area contributed by atoms with E-state index in [4.69, 9.17) is 14.2 Å². The summed E-state index contributed by atoms with van der Waals surface area (Å²) in [6.45, 7) is 7.22. The summed E-state index contributed by atoms with van der Waals surface area (Å²) in [5, 5.41) is 15.5. The second kappa shape index (κ2) is 15.3. The number of aliphatic hydroxyl groups is 1. The maximum atomic E-state index is 15.5. The van der Waals surface area contributed by atoms with Gasteiger partial charge in [0, 0.05) is 18.0 Å². The van der Waals surface area contributed by atoms with Gasteiger partial charge in [0.05, 0.1) is 76.3 Å². The first-order valence-corrected chi connectivity index (χ1v) is 23.6. The van der Waals surface area contributed by atoms with E-state index in [9.17, 15) is 14.7 Å². The zero-order chi connectivity index (χ0) is 41.9. The highest BCUT2D eigenvalue weighted by atomic mass is 28.3. The third-order valence-corrected chi connectivity index (χ3v) is 17.8. The summed E-state index contributed by atoms with van der Waals surface area (Å²) in [5.41, 5.74) is 4.26. The molecule has 3 aliphatic heterocycles. The van der Waals surface area contributed by atoms with Crippen molar-refractivity contribution >= 4 is 41.7 Å². The smallest absolute Gasteiger partial charge is 0.279 e. The second-order valence-electron chi connectivity index (χ2n) is 16.9. The summed E-state index contributed by atoms with van der Waals surface area (Å²) in [6, 6.07) is 36.6. The van der Waals surface area contributed by atoms with Crippen LogP contribution in [0, 0.1) is 5.92 Å². The zero-order valence-electron chi connectivity index (χ0n) is 34.6. The maximum absolute atomic E-state index is 15.5. The number of aliphatic hydroxyl groups excluding tert-OH is 1. The molecule has 11 nitrogen and oxygen atoms in total. The molecule has 0 unspecified atom stereocenters.